The number of aliphatic carboxylic acids is 1. The second-order valence-corrected chi connectivity index (χ2v) is 1.15. The number of rotatable bonds is 2. The highest BCUT2D eigenvalue weighted by Crippen LogP contribution is 1.76. The van der Waals surface area contributed by atoms with Crippen LogP contribution in [-0.4, -0.2) is 5.97 Å². The Kier molecular flexibility index (Phi) is 3.02. The molecule has 0 heterocycles. The Bertz CT molecular complexity index is 84.1. The fourth-order valence-electron chi connectivity index (χ4n) is 0.214. The molecule has 0 aromatic rings. The zero-order valence-electron chi connectivity index (χ0n) is 4.18. The van der Waals surface area contributed by atoms with Crippen molar-refractivity contribution in [1.82, 2.24) is 0 Å². The summed E-state index contributed by atoms with van der Waals surface area (Å²) in [6, 6.07) is 0. The predicted octanol–water partition coefficient (Wildman–Crippen LogP) is -0.298. The molecule has 0 N–H and O–H groups in total. The summed E-state index contributed by atoms with van der Waals surface area (Å²) in [4.78, 5) is 9.60. The van der Waals surface area contributed by atoms with E-state index in [1.54, 1.807) is 13.0 Å². The maximum atomic E-state index is 9.60. The molecule has 0 rings (SSSR count). The summed E-state index contributed by atoms with van der Waals surface area (Å²) in [6.07, 6.45) is 3.24. The van der Waals surface area contributed by atoms with E-state index in [-0.39, 0.29) is 6.42 Å². The van der Waals surface area contributed by atoms with Crippen LogP contribution < -0.4 is 5.11 Å². The van der Waals surface area contributed by atoms with Crippen LogP contribution in [-0.2, 0) is 4.79 Å². The number of carboxylic acids is 1. The number of carbonyl (C=O) groups excluding carboxylic acids is 1. The minimum absolute atomic E-state index is 0.0243. The number of hydrogen-bond donors (Lipinski definition) is 0. The molecule has 7 heavy (non-hydrogen) atoms. The van der Waals surface area contributed by atoms with Crippen LogP contribution >= 0.6 is 0 Å². The van der Waals surface area contributed by atoms with E-state index in [1.807, 2.05) is 0 Å². The van der Waals surface area contributed by atoms with Gasteiger partial charge in [-0.25, -0.2) is 0 Å². The van der Waals surface area contributed by atoms with E-state index in [4.69, 9.17) is 0 Å². The molecule has 0 spiro atoms. The molecular weight excluding hydrogens is 92.1 g/mol. The lowest BCUT2D eigenvalue weighted by atomic mass is 10.4. The zero-order chi connectivity index (χ0) is 5.70. The van der Waals surface area contributed by atoms with Gasteiger partial charge in [-0.3, -0.25) is 0 Å². The van der Waals surface area contributed by atoms with E-state index in [2.05, 4.69) is 0 Å². The first kappa shape index (κ1) is 6.21. The Hall–Kier alpha value is -0.790. The van der Waals surface area contributed by atoms with E-state index < -0.39 is 5.97 Å². The van der Waals surface area contributed by atoms with Crippen LogP contribution in [0.1, 0.15) is 13.3 Å². The highest BCUT2D eigenvalue weighted by molar-refractivity contribution is 5.66. The van der Waals surface area contributed by atoms with Crippen molar-refractivity contribution in [2.45, 2.75) is 13.3 Å². The van der Waals surface area contributed by atoms with Gasteiger partial charge in [0.15, 0.2) is 0 Å². The number of carboxylic acid groups (broad SMARTS) is 1. The molecule has 0 saturated heterocycles. The Morgan fingerprint density at radius 2 is 2.43 bits per heavy atom. The van der Waals surface area contributed by atoms with E-state index in [0.717, 1.165) is 0 Å². The molecule has 0 aliphatic heterocycles. The van der Waals surface area contributed by atoms with Gasteiger partial charge in [-0.2, -0.15) is 0 Å². The molecule has 0 aromatic heterocycles. The third kappa shape index (κ3) is 5.21. The molecule has 0 atom stereocenters. The van der Waals surface area contributed by atoms with Gasteiger partial charge in [-0.1, -0.05) is 12.2 Å². The lowest BCUT2D eigenvalue weighted by Crippen LogP contribution is -2.20. The summed E-state index contributed by atoms with van der Waals surface area (Å²) in [5.74, 6) is -1.03. The fraction of sp³-hybridized carbons (Fsp3) is 0.400. The average Bonchev–Trinajstić information content (AvgIpc) is 1.61. The molecule has 0 aromatic carbocycles. The molecule has 40 valence electrons. The van der Waals surface area contributed by atoms with Crippen molar-refractivity contribution in [1.29, 1.82) is 0 Å². The van der Waals surface area contributed by atoms with Gasteiger partial charge >= 0.3 is 0 Å². The Labute approximate surface area is 42.5 Å². The van der Waals surface area contributed by atoms with Crippen LogP contribution in [0, 0.1) is 0 Å². The Balaban J connectivity index is 3.14. The average molecular weight is 99.1 g/mol. The van der Waals surface area contributed by atoms with Gasteiger partial charge in [0.25, 0.3) is 0 Å². The van der Waals surface area contributed by atoms with Crippen molar-refractivity contribution in [2.24, 2.45) is 0 Å². The van der Waals surface area contributed by atoms with Crippen molar-refractivity contribution in [3.8, 4) is 0 Å². The molecule has 0 amide bonds. The first-order valence-corrected chi connectivity index (χ1v) is 2.08. The predicted molar refractivity (Wildman–Crippen MR) is 24.4 cm³/mol. The van der Waals surface area contributed by atoms with E-state index in [9.17, 15) is 9.90 Å². The first-order chi connectivity index (χ1) is 3.27. The smallest absolute Gasteiger partial charge is 0.0452 e. The molecule has 0 radical (unpaired) electrons. The lowest BCUT2D eigenvalue weighted by Gasteiger charge is -1.90. The molecule has 0 saturated carbocycles. The lowest BCUT2D eigenvalue weighted by molar-refractivity contribution is -0.304. The third-order valence-electron chi connectivity index (χ3n) is 0.520. The van der Waals surface area contributed by atoms with Gasteiger partial charge in [0.2, 0.25) is 0 Å². The van der Waals surface area contributed by atoms with Crippen molar-refractivity contribution in [2.75, 3.05) is 0 Å². The molecule has 0 aliphatic carbocycles. The van der Waals surface area contributed by atoms with Crippen LogP contribution in [0.25, 0.3) is 0 Å². The van der Waals surface area contributed by atoms with Crippen molar-refractivity contribution in [3.05, 3.63) is 12.2 Å². The van der Waals surface area contributed by atoms with E-state index >= 15 is 0 Å². The second kappa shape index (κ2) is 3.40. The van der Waals surface area contributed by atoms with E-state index in [1.165, 1.54) is 6.08 Å². The zero-order valence-corrected chi connectivity index (χ0v) is 4.18. The number of hydrogen-bond acceptors (Lipinski definition) is 2. The maximum absolute atomic E-state index is 9.60. The first-order valence-electron chi connectivity index (χ1n) is 2.08. The highest BCUT2D eigenvalue weighted by atomic mass is 16.4. The van der Waals surface area contributed by atoms with Gasteiger partial charge in [-0.05, 0) is 6.92 Å². The van der Waals surface area contributed by atoms with Gasteiger partial charge in [-0.15, -0.1) is 0 Å². The monoisotopic (exact) mass is 99.0 g/mol. The van der Waals surface area contributed by atoms with Crippen molar-refractivity contribution >= 4 is 5.97 Å². The summed E-state index contributed by atoms with van der Waals surface area (Å²) in [5, 5.41) is 9.60. The summed E-state index contributed by atoms with van der Waals surface area (Å²) in [6.45, 7) is 1.77. The van der Waals surface area contributed by atoms with Gasteiger partial charge < -0.3 is 9.90 Å². The standard InChI is InChI=1S/C5H8O2/c1-2-3-4-5(6)7/h2-3H,4H2,1H3,(H,6,7)/p-1/b3-2+. The fourth-order valence-corrected chi connectivity index (χ4v) is 0.214. The van der Waals surface area contributed by atoms with Crippen LogP contribution in [0.15, 0.2) is 12.2 Å². The molecule has 2 heteroatoms. The Morgan fingerprint density at radius 1 is 1.86 bits per heavy atom. The number of carbonyl (C=O) groups is 1. The Morgan fingerprint density at radius 3 is 2.57 bits per heavy atom. The van der Waals surface area contributed by atoms with Crippen LogP contribution in [0.2, 0.25) is 0 Å². The molecule has 2 nitrogen and oxygen atoms in total. The van der Waals surface area contributed by atoms with Gasteiger partial charge in [0.1, 0.15) is 0 Å². The van der Waals surface area contributed by atoms with Crippen LogP contribution in [0.5, 0.6) is 0 Å². The maximum Gasteiger partial charge on any atom is 0.0452 e. The molecule has 0 unspecified atom stereocenters. The SMILES string of the molecule is C/C=C/CC(=O)[O-]. The third-order valence-corrected chi connectivity index (χ3v) is 0.520. The minimum Gasteiger partial charge on any atom is -0.550 e. The van der Waals surface area contributed by atoms with Gasteiger partial charge in [0.05, 0.1) is 0 Å². The second-order valence-electron chi connectivity index (χ2n) is 1.15. The minimum atomic E-state index is -1.03. The summed E-state index contributed by atoms with van der Waals surface area (Å²) in [7, 11) is 0. The van der Waals surface area contributed by atoms with Gasteiger partial charge in [0, 0.05) is 12.4 Å². The van der Waals surface area contributed by atoms with E-state index in [0.29, 0.717) is 0 Å². The van der Waals surface area contributed by atoms with Crippen molar-refractivity contribution in [3.63, 3.8) is 0 Å². The summed E-state index contributed by atoms with van der Waals surface area (Å²) >= 11 is 0. The van der Waals surface area contributed by atoms with Crippen molar-refractivity contribution < 1.29 is 9.90 Å². The highest BCUT2D eigenvalue weighted by Gasteiger charge is 1.72. The quantitative estimate of drug-likeness (QED) is 0.446. The van der Waals surface area contributed by atoms with Crippen LogP contribution in [0.3, 0.4) is 0 Å². The molecule has 0 fully saturated rings. The topological polar surface area (TPSA) is 40.1 Å². The summed E-state index contributed by atoms with van der Waals surface area (Å²) < 4.78 is 0. The largest absolute Gasteiger partial charge is 0.550 e. The molecule has 0 aliphatic rings. The molecule has 0 bridgehead atoms. The number of allylic oxidation sites excluding steroid dienone is 1. The molecular formula is C5H7O2-. The normalized spacial score (nSPS) is 9.86. The van der Waals surface area contributed by atoms with Crippen LogP contribution in [0.4, 0.5) is 0 Å². The summed E-state index contributed by atoms with van der Waals surface area (Å²) in [5.41, 5.74) is 0.